The van der Waals surface area contributed by atoms with Crippen LogP contribution in [0.2, 0.25) is 0 Å². The quantitative estimate of drug-likeness (QED) is 0.367. The zero-order chi connectivity index (χ0) is 24.7. The Kier molecular flexibility index (Phi) is 9.44. The molecule has 0 fully saturated rings. The first kappa shape index (κ1) is 26.6. The normalized spacial score (nSPS) is 13.3. The van der Waals surface area contributed by atoms with E-state index >= 15 is 0 Å². The molecule has 0 spiro atoms. The van der Waals surface area contributed by atoms with E-state index in [-0.39, 0.29) is 17.4 Å². The van der Waals surface area contributed by atoms with E-state index in [2.05, 4.69) is 15.2 Å². The lowest BCUT2D eigenvalue weighted by molar-refractivity contribution is 0.133. The van der Waals surface area contributed by atoms with E-state index in [9.17, 15) is 13.5 Å². The van der Waals surface area contributed by atoms with E-state index in [4.69, 9.17) is 0 Å². The van der Waals surface area contributed by atoms with Crippen LogP contribution in [0.5, 0.6) is 0 Å². The minimum Gasteiger partial charge on any atom is -0.392 e. The molecule has 0 radical (unpaired) electrons. The zero-order valence-electron chi connectivity index (χ0n) is 20.4. The zero-order valence-corrected chi connectivity index (χ0v) is 22.1. The van der Waals surface area contributed by atoms with Gasteiger partial charge in [-0.05, 0) is 56.6 Å². The second-order valence-corrected chi connectivity index (χ2v) is 12.2. The van der Waals surface area contributed by atoms with Gasteiger partial charge < -0.3 is 15.3 Å². The maximum Gasteiger partial charge on any atom is 0.243 e. The molecule has 34 heavy (non-hydrogen) atoms. The number of sulfonamides is 1. The highest BCUT2D eigenvalue weighted by Gasteiger charge is 2.28. The number of nitrogens with zero attached hydrogens (tertiary/aromatic N) is 3. The predicted molar refractivity (Wildman–Crippen MR) is 141 cm³/mol. The van der Waals surface area contributed by atoms with Crippen LogP contribution in [0.25, 0.3) is 10.2 Å². The number of hydrogen-bond acceptors (Lipinski definition) is 7. The molecule has 0 saturated carbocycles. The molecule has 1 aromatic heterocycles. The number of aliphatic hydroxyl groups excluding tert-OH is 1. The number of thiazole rings is 1. The van der Waals surface area contributed by atoms with Crippen LogP contribution >= 0.6 is 11.3 Å². The van der Waals surface area contributed by atoms with Crippen molar-refractivity contribution in [1.82, 2.24) is 14.2 Å². The average Bonchev–Trinajstić information content (AvgIpc) is 3.19. The Morgan fingerprint density at radius 3 is 2.50 bits per heavy atom. The Balaban J connectivity index is 1.74. The number of hydrogen-bond donors (Lipinski definition) is 2. The second kappa shape index (κ2) is 12.1. The Labute approximate surface area is 207 Å². The molecular weight excluding hydrogens is 468 g/mol. The SMILES string of the molecule is CC(C)CN(CC(O)CCc1ccccc1)S(=O)(=O)c1ccc2nc(NCCN(C)C)sc2c1. The maximum absolute atomic E-state index is 13.6. The van der Waals surface area contributed by atoms with Gasteiger partial charge in [-0.25, -0.2) is 13.4 Å². The van der Waals surface area contributed by atoms with Gasteiger partial charge in [-0.15, -0.1) is 0 Å². The van der Waals surface area contributed by atoms with Crippen molar-refractivity contribution in [2.45, 2.75) is 37.7 Å². The molecular formula is C25H36N4O3S2. The molecule has 0 aliphatic carbocycles. The van der Waals surface area contributed by atoms with Gasteiger partial charge in [0.25, 0.3) is 0 Å². The molecule has 0 aliphatic heterocycles. The Hall–Kier alpha value is -2.04. The first-order valence-corrected chi connectivity index (χ1v) is 13.9. The van der Waals surface area contributed by atoms with Crippen molar-refractivity contribution in [1.29, 1.82) is 0 Å². The first-order chi connectivity index (χ1) is 16.1. The van der Waals surface area contributed by atoms with E-state index < -0.39 is 16.1 Å². The highest BCUT2D eigenvalue weighted by molar-refractivity contribution is 7.89. The van der Waals surface area contributed by atoms with Crippen molar-refractivity contribution >= 4 is 36.7 Å². The minimum absolute atomic E-state index is 0.0748. The summed E-state index contributed by atoms with van der Waals surface area (Å²) in [7, 11) is 0.266. The van der Waals surface area contributed by atoms with Crippen LogP contribution in [0.4, 0.5) is 5.13 Å². The van der Waals surface area contributed by atoms with Crippen LogP contribution in [0, 0.1) is 5.92 Å². The fourth-order valence-corrected chi connectivity index (χ4v) is 6.33. The monoisotopic (exact) mass is 504 g/mol. The summed E-state index contributed by atoms with van der Waals surface area (Å²) in [5, 5.41) is 14.8. The molecule has 1 atom stereocenters. The molecule has 3 rings (SSSR count). The highest BCUT2D eigenvalue weighted by atomic mass is 32.2. The standard InChI is InChI=1S/C25H36N4O3S2/c1-19(2)17-29(18-21(30)11-10-20-8-6-5-7-9-20)34(31,32)22-12-13-23-24(16-22)33-25(27-23)26-14-15-28(3)4/h5-9,12-13,16,19,21,30H,10-11,14-15,17-18H2,1-4H3,(H,26,27). The van der Waals surface area contributed by atoms with Crippen molar-refractivity contribution in [3.8, 4) is 0 Å². The van der Waals surface area contributed by atoms with E-state index in [1.165, 1.54) is 15.6 Å². The molecule has 186 valence electrons. The Morgan fingerprint density at radius 1 is 1.09 bits per heavy atom. The molecule has 3 aromatic rings. The van der Waals surface area contributed by atoms with Gasteiger partial charge in [0.1, 0.15) is 0 Å². The van der Waals surface area contributed by atoms with Gasteiger partial charge in [-0.2, -0.15) is 4.31 Å². The number of aromatic nitrogens is 1. The third-order valence-electron chi connectivity index (χ3n) is 5.43. The van der Waals surface area contributed by atoms with Crippen LogP contribution in [0.15, 0.2) is 53.4 Å². The average molecular weight is 505 g/mol. The van der Waals surface area contributed by atoms with Crippen molar-refractivity contribution in [2.24, 2.45) is 5.92 Å². The number of aryl methyl sites for hydroxylation is 1. The van der Waals surface area contributed by atoms with Crippen LogP contribution < -0.4 is 5.32 Å². The molecule has 0 aliphatic rings. The number of rotatable bonds is 13. The van der Waals surface area contributed by atoms with Crippen LogP contribution in [-0.2, 0) is 16.4 Å². The maximum atomic E-state index is 13.6. The summed E-state index contributed by atoms with van der Waals surface area (Å²) in [5.74, 6) is 0.135. The fraction of sp³-hybridized carbons (Fsp3) is 0.480. The van der Waals surface area contributed by atoms with Crippen LogP contribution in [0.3, 0.4) is 0 Å². The van der Waals surface area contributed by atoms with Gasteiger partial charge >= 0.3 is 0 Å². The fourth-order valence-electron chi connectivity index (χ4n) is 3.66. The van der Waals surface area contributed by atoms with Gasteiger partial charge in [-0.3, -0.25) is 0 Å². The number of fused-ring (bicyclic) bond motifs is 1. The molecule has 7 nitrogen and oxygen atoms in total. The van der Waals surface area contributed by atoms with Gasteiger partial charge in [0, 0.05) is 26.2 Å². The minimum atomic E-state index is -3.76. The number of aliphatic hydroxyl groups is 1. The molecule has 9 heteroatoms. The van der Waals surface area contributed by atoms with Crippen LogP contribution in [-0.4, -0.2) is 74.1 Å². The summed E-state index contributed by atoms with van der Waals surface area (Å²) in [5.41, 5.74) is 1.90. The van der Waals surface area contributed by atoms with E-state index in [1.807, 2.05) is 58.3 Å². The number of anilines is 1. The molecule has 0 saturated heterocycles. The molecule has 2 N–H and O–H groups in total. The molecule has 1 heterocycles. The van der Waals surface area contributed by atoms with Crippen molar-refractivity contribution in [2.75, 3.05) is 45.6 Å². The van der Waals surface area contributed by atoms with Crippen LogP contribution in [0.1, 0.15) is 25.8 Å². The van der Waals surface area contributed by atoms with E-state index in [1.54, 1.807) is 18.2 Å². The van der Waals surface area contributed by atoms with E-state index in [0.29, 0.717) is 19.4 Å². The van der Waals surface area contributed by atoms with Crippen molar-refractivity contribution < 1.29 is 13.5 Å². The lowest BCUT2D eigenvalue weighted by Gasteiger charge is -2.26. The van der Waals surface area contributed by atoms with Gasteiger partial charge in [0.15, 0.2) is 5.13 Å². The summed E-state index contributed by atoms with van der Waals surface area (Å²) in [6.07, 6.45) is 0.464. The van der Waals surface area contributed by atoms with Gasteiger partial charge in [0.05, 0.1) is 21.2 Å². The van der Waals surface area contributed by atoms with E-state index in [0.717, 1.165) is 34.0 Å². The third-order valence-corrected chi connectivity index (χ3v) is 8.23. The molecule has 2 aromatic carbocycles. The Bertz CT molecular complexity index is 1150. The number of benzene rings is 2. The molecule has 1 unspecified atom stereocenters. The molecule has 0 bridgehead atoms. The van der Waals surface area contributed by atoms with Gasteiger partial charge in [0.2, 0.25) is 10.0 Å². The second-order valence-electron chi connectivity index (χ2n) is 9.27. The number of likely N-dealkylation sites (N-methyl/N-ethyl adjacent to an activating group) is 1. The topological polar surface area (TPSA) is 85.8 Å². The van der Waals surface area contributed by atoms with Crippen molar-refractivity contribution in [3.05, 3.63) is 54.1 Å². The summed E-state index contributed by atoms with van der Waals surface area (Å²) in [4.78, 5) is 6.89. The largest absolute Gasteiger partial charge is 0.392 e. The van der Waals surface area contributed by atoms with Gasteiger partial charge in [-0.1, -0.05) is 55.5 Å². The Morgan fingerprint density at radius 2 is 1.82 bits per heavy atom. The first-order valence-electron chi connectivity index (χ1n) is 11.7. The summed E-state index contributed by atoms with van der Waals surface area (Å²) in [6.45, 7) is 6.04. The molecule has 0 amide bonds. The summed E-state index contributed by atoms with van der Waals surface area (Å²) < 4.78 is 29.4. The van der Waals surface area contributed by atoms with Crippen molar-refractivity contribution in [3.63, 3.8) is 0 Å². The third kappa shape index (κ3) is 7.48. The predicted octanol–water partition coefficient (Wildman–Crippen LogP) is 3.91. The lowest BCUT2D eigenvalue weighted by Crippen LogP contribution is -2.40. The smallest absolute Gasteiger partial charge is 0.243 e. The lowest BCUT2D eigenvalue weighted by atomic mass is 10.1. The summed E-state index contributed by atoms with van der Waals surface area (Å²) >= 11 is 1.45. The summed E-state index contributed by atoms with van der Waals surface area (Å²) in [6, 6.07) is 15.0. The highest BCUT2D eigenvalue weighted by Crippen LogP contribution is 2.29. The number of nitrogens with one attached hydrogen (secondary N) is 1.